The first kappa shape index (κ1) is 8.02. The van der Waals surface area contributed by atoms with Crippen molar-refractivity contribution in [2.24, 2.45) is 5.73 Å². The molecule has 0 spiro atoms. The van der Waals surface area contributed by atoms with Crippen LogP contribution in [-0.2, 0) is 0 Å². The van der Waals surface area contributed by atoms with Crippen LogP contribution in [0.25, 0.3) is 0 Å². The third kappa shape index (κ3) is 2.20. The van der Waals surface area contributed by atoms with Crippen molar-refractivity contribution in [2.45, 2.75) is 5.92 Å². The van der Waals surface area contributed by atoms with Gasteiger partial charge >= 0.3 is 0 Å². The Morgan fingerprint density at radius 1 is 1.00 bits per heavy atom. The molecule has 0 saturated heterocycles. The molecule has 0 atom stereocenters. The van der Waals surface area contributed by atoms with E-state index >= 15 is 0 Å². The molecule has 0 radical (unpaired) electrons. The molecule has 11 heavy (non-hydrogen) atoms. The Kier molecular flexibility index (Phi) is 2.87. The average molecular weight is 147 g/mol. The fourth-order valence-corrected chi connectivity index (χ4v) is 0.953. The molecule has 1 aromatic carbocycles. The highest BCUT2D eigenvalue weighted by Crippen LogP contribution is 2.28. The highest BCUT2D eigenvalue weighted by Gasteiger charge is 2.11. The maximum absolute atomic E-state index is 4.50. The lowest BCUT2D eigenvalue weighted by Crippen LogP contribution is -1.75. The van der Waals surface area contributed by atoms with Crippen LogP contribution in [0.15, 0.2) is 42.5 Å². The molecule has 1 nitrogen and oxygen atoms in total. The Morgan fingerprint density at radius 3 is 2.00 bits per heavy atom. The summed E-state index contributed by atoms with van der Waals surface area (Å²) in [6.45, 7) is 0. The minimum atomic E-state index is 0.659. The Balaban J connectivity index is 0.000000281. The van der Waals surface area contributed by atoms with E-state index in [1.165, 1.54) is 12.6 Å². The van der Waals surface area contributed by atoms with Crippen molar-refractivity contribution in [3.8, 4) is 0 Å². The van der Waals surface area contributed by atoms with Gasteiger partial charge in [0.05, 0.1) is 0 Å². The van der Waals surface area contributed by atoms with Gasteiger partial charge in [-0.25, -0.2) is 0 Å². The van der Waals surface area contributed by atoms with Crippen LogP contribution in [-0.4, -0.2) is 7.05 Å². The number of rotatable bonds is 1. The summed E-state index contributed by atoms with van der Waals surface area (Å²) in [6, 6.07) is 10.5. The molecule has 58 valence electrons. The first-order valence-electron chi connectivity index (χ1n) is 3.78. The summed E-state index contributed by atoms with van der Waals surface area (Å²) in [5, 5.41) is 0. The van der Waals surface area contributed by atoms with Crippen molar-refractivity contribution in [1.29, 1.82) is 0 Å². The highest BCUT2D eigenvalue weighted by atomic mass is 14.4. The van der Waals surface area contributed by atoms with Crippen LogP contribution in [0.4, 0.5) is 0 Å². The standard InChI is InChI=1S/C9H8.CH5N/c1-2-4-8(5-3-1)9-6-7-9;1-2/h1-7,9H;2H2,1H3. The van der Waals surface area contributed by atoms with Gasteiger partial charge in [0.25, 0.3) is 0 Å². The first-order valence-corrected chi connectivity index (χ1v) is 3.78. The van der Waals surface area contributed by atoms with E-state index in [1.807, 2.05) is 6.07 Å². The van der Waals surface area contributed by atoms with Crippen molar-refractivity contribution in [1.82, 2.24) is 0 Å². The summed E-state index contributed by atoms with van der Waals surface area (Å²) in [4.78, 5) is 0. The van der Waals surface area contributed by atoms with Gasteiger partial charge in [-0.3, -0.25) is 0 Å². The van der Waals surface area contributed by atoms with Crippen molar-refractivity contribution < 1.29 is 0 Å². The summed E-state index contributed by atoms with van der Waals surface area (Å²) in [5.41, 5.74) is 5.91. The van der Waals surface area contributed by atoms with Crippen LogP contribution in [0, 0.1) is 0 Å². The Labute approximate surface area is 67.5 Å². The lowest BCUT2D eigenvalue weighted by molar-refractivity contribution is 1.24. The fraction of sp³-hybridized carbons (Fsp3) is 0.200. The second-order valence-electron chi connectivity index (χ2n) is 2.32. The van der Waals surface area contributed by atoms with E-state index in [2.05, 4.69) is 42.2 Å². The minimum Gasteiger partial charge on any atom is -0.333 e. The second kappa shape index (κ2) is 3.94. The van der Waals surface area contributed by atoms with Crippen molar-refractivity contribution in [2.75, 3.05) is 7.05 Å². The van der Waals surface area contributed by atoms with Crippen LogP contribution in [0.2, 0.25) is 0 Å². The number of hydrogen-bond acceptors (Lipinski definition) is 1. The maximum Gasteiger partial charge on any atom is 0.0199 e. The monoisotopic (exact) mass is 147 g/mol. The van der Waals surface area contributed by atoms with E-state index < -0.39 is 0 Å². The summed E-state index contributed by atoms with van der Waals surface area (Å²) in [5.74, 6) is 0.659. The molecular formula is C10H13N. The van der Waals surface area contributed by atoms with Gasteiger partial charge < -0.3 is 5.73 Å². The zero-order chi connectivity index (χ0) is 8.10. The molecule has 0 amide bonds. The second-order valence-corrected chi connectivity index (χ2v) is 2.32. The fourth-order valence-electron chi connectivity index (χ4n) is 0.953. The van der Waals surface area contributed by atoms with Crippen LogP contribution in [0.5, 0.6) is 0 Å². The van der Waals surface area contributed by atoms with E-state index in [4.69, 9.17) is 0 Å². The maximum atomic E-state index is 4.50. The lowest BCUT2D eigenvalue weighted by Gasteiger charge is -1.93. The van der Waals surface area contributed by atoms with E-state index in [9.17, 15) is 0 Å². The van der Waals surface area contributed by atoms with Gasteiger partial charge in [-0.2, -0.15) is 0 Å². The molecule has 0 bridgehead atoms. The molecule has 0 fully saturated rings. The van der Waals surface area contributed by atoms with Gasteiger partial charge in [-0.1, -0.05) is 42.5 Å². The molecule has 0 aromatic heterocycles. The molecule has 2 N–H and O–H groups in total. The third-order valence-electron chi connectivity index (χ3n) is 1.57. The topological polar surface area (TPSA) is 26.0 Å². The van der Waals surface area contributed by atoms with E-state index in [0.29, 0.717) is 5.92 Å². The largest absolute Gasteiger partial charge is 0.333 e. The normalized spacial score (nSPS) is 13.6. The summed E-state index contributed by atoms with van der Waals surface area (Å²) in [7, 11) is 1.50. The van der Waals surface area contributed by atoms with Crippen LogP contribution >= 0.6 is 0 Å². The van der Waals surface area contributed by atoms with Gasteiger partial charge in [0, 0.05) is 5.92 Å². The van der Waals surface area contributed by atoms with Crippen molar-refractivity contribution in [3.05, 3.63) is 48.0 Å². The summed E-state index contributed by atoms with van der Waals surface area (Å²) in [6.07, 6.45) is 4.41. The Bertz CT molecular complexity index is 220. The van der Waals surface area contributed by atoms with Crippen LogP contribution in [0.3, 0.4) is 0 Å². The average Bonchev–Trinajstić information content (AvgIpc) is 2.92. The van der Waals surface area contributed by atoms with Gasteiger partial charge in [-0.15, -0.1) is 0 Å². The molecule has 0 unspecified atom stereocenters. The van der Waals surface area contributed by atoms with Gasteiger partial charge in [0.2, 0.25) is 0 Å². The smallest absolute Gasteiger partial charge is 0.0199 e. The molecule has 1 aliphatic carbocycles. The van der Waals surface area contributed by atoms with E-state index in [1.54, 1.807) is 0 Å². The zero-order valence-electron chi connectivity index (χ0n) is 6.70. The van der Waals surface area contributed by atoms with Crippen molar-refractivity contribution in [3.63, 3.8) is 0 Å². The molecule has 0 saturated carbocycles. The molecule has 1 heteroatoms. The number of hydrogen-bond donors (Lipinski definition) is 1. The van der Waals surface area contributed by atoms with Gasteiger partial charge in [0.1, 0.15) is 0 Å². The highest BCUT2D eigenvalue weighted by molar-refractivity contribution is 5.37. The Morgan fingerprint density at radius 2 is 1.55 bits per heavy atom. The molecule has 0 heterocycles. The summed E-state index contributed by atoms with van der Waals surface area (Å²) < 4.78 is 0. The predicted octanol–water partition coefficient (Wildman–Crippen LogP) is 1.91. The van der Waals surface area contributed by atoms with E-state index in [-0.39, 0.29) is 0 Å². The summed E-state index contributed by atoms with van der Waals surface area (Å²) >= 11 is 0. The molecule has 1 aromatic rings. The van der Waals surface area contributed by atoms with Crippen LogP contribution in [0.1, 0.15) is 11.5 Å². The molecule has 0 aliphatic heterocycles. The zero-order valence-corrected chi connectivity index (χ0v) is 6.70. The minimum absolute atomic E-state index is 0.659. The van der Waals surface area contributed by atoms with Gasteiger partial charge in [0.15, 0.2) is 0 Å². The predicted molar refractivity (Wildman–Crippen MR) is 48.4 cm³/mol. The lowest BCUT2D eigenvalue weighted by atomic mass is 10.1. The quantitative estimate of drug-likeness (QED) is 0.603. The molecule has 1 aliphatic rings. The first-order chi connectivity index (χ1) is 5.47. The van der Waals surface area contributed by atoms with E-state index in [0.717, 1.165) is 0 Å². The molecule has 2 rings (SSSR count). The van der Waals surface area contributed by atoms with Crippen molar-refractivity contribution >= 4 is 0 Å². The van der Waals surface area contributed by atoms with Crippen LogP contribution < -0.4 is 5.73 Å². The SMILES string of the molecule is C1=CC1c1ccccc1.CN. The Hall–Kier alpha value is -1.08. The number of allylic oxidation sites excluding steroid dienone is 2. The van der Waals surface area contributed by atoms with Gasteiger partial charge in [-0.05, 0) is 12.6 Å². The number of benzene rings is 1. The third-order valence-corrected chi connectivity index (χ3v) is 1.57. The molecular weight excluding hydrogens is 134 g/mol. The number of nitrogens with two attached hydrogens (primary N) is 1.